The van der Waals surface area contributed by atoms with Crippen LogP contribution >= 0.6 is 68.2 Å². The Bertz CT molecular complexity index is 1090. The van der Waals surface area contributed by atoms with E-state index in [1.165, 1.54) is 17.0 Å². The van der Waals surface area contributed by atoms with E-state index < -0.39 is 0 Å². The van der Waals surface area contributed by atoms with E-state index in [0.29, 0.717) is 13.1 Å². The summed E-state index contributed by atoms with van der Waals surface area (Å²) in [7, 11) is 0. The van der Waals surface area contributed by atoms with Crippen molar-refractivity contribution in [3.63, 3.8) is 0 Å². The van der Waals surface area contributed by atoms with Gasteiger partial charge in [0, 0.05) is 45.0 Å². The third kappa shape index (κ3) is 4.76. The molecule has 2 heterocycles. The zero-order valence-corrected chi connectivity index (χ0v) is 20.5. The van der Waals surface area contributed by atoms with Crippen LogP contribution in [0.4, 0.5) is 0 Å². The van der Waals surface area contributed by atoms with E-state index in [0.717, 1.165) is 43.0 Å². The summed E-state index contributed by atoms with van der Waals surface area (Å²) in [6.45, 7) is 1.44. The van der Waals surface area contributed by atoms with Crippen LogP contribution in [0.2, 0.25) is 0 Å². The van der Waals surface area contributed by atoms with Crippen LogP contribution < -0.4 is 21.1 Å². The first kappa shape index (κ1) is 21.7. The monoisotopic (exact) mass is 646 g/mol. The molecule has 0 unspecified atom stereocenters. The number of aromatic nitrogens is 4. The van der Waals surface area contributed by atoms with E-state index in [9.17, 15) is 19.2 Å². The van der Waals surface area contributed by atoms with Crippen LogP contribution in [0, 0.1) is 0 Å². The average molecular weight is 646 g/mol. The fraction of sp³-hybridized carbons (Fsp3) is 0.375. The van der Waals surface area contributed by atoms with Gasteiger partial charge in [0.15, 0.2) is 0 Å². The summed E-state index contributed by atoms with van der Waals surface area (Å²) < 4.78 is 6.89. The Hall–Kier alpha value is -1.00. The van der Waals surface area contributed by atoms with Gasteiger partial charge in [0.05, 0.1) is 13.1 Å². The maximum Gasteiger partial charge on any atom is 0.341 e. The highest BCUT2D eigenvalue weighted by Crippen LogP contribution is 2.07. The van der Waals surface area contributed by atoms with Crippen molar-refractivity contribution in [1.29, 1.82) is 0 Å². The summed E-state index contributed by atoms with van der Waals surface area (Å²) in [5.41, 5.74) is 1.03. The number of aryl methyl sites for hydroxylation is 2. The van der Waals surface area contributed by atoms with Gasteiger partial charge in [-0.2, -0.15) is 0 Å². The van der Waals surface area contributed by atoms with Gasteiger partial charge < -0.3 is 0 Å². The number of rotatable bonds is 8. The molecule has 0 aliphatic carbocycles. The number of benzene rings is 1. The number of hydrogen-bond donors (Lipinski definition) is 0. The van der Waals surface area contributed by atoms with Crippen LogP contribution in [0.25, 0.3) is 0 Å². The molecular weight excluding hydrogens is 630 g/mol. The first-order chi connectivity index (χ1) is 13.4. The second-order valence-electron chi connectivity index (χ2n) is 5.85. The Labute approximate surface area is 194 Å². The molecule has 3 aromatic rings. The van der Waals surface area contributed by atoms with Crippen molar-refractivity contribution in [3.05, 3.63) is 75.7 Å². The van der Waals surface area contributed by atoms with Crippen molar-refractivity contribution in [2.75, 3.05) is 8.86 Å². The van der Waals surface area contributed by atoms with Crippen LogP contribution in [0.3, 0.4) is 0 Å². The number of halogens is 2. The molecule has 0 aliphatic heterocycles. The molecule has 0 atom stereocenters. The van der Waals surface area contributed by atoms with Gasteiger partial charge in [-0.1, -0.05) is 69.4 Å². The Morgan fingerprint density at radius 2 is 1.04 bits per heavy atom. The van der Waals surface area contributed by atoms with E-state index in [1.54, 1.807) is 0 Å². The predicted molar refractivity (Wildman–Crippen MR) is 128 cm³/mol. The second kappa shape index (κ2) is 9.67. The first-order valence-electron chi connectivity index (χ1n) is 8.26. The minimum Gasteiger partial charge on any atom is -0.255 e. The minimum atomic E-state index is -0.295. The zero-order valence-electron chi connectivity index (χ0n) is 14.5. The highest BCUT2D eigenvalue weighted by atomic mass is 127. The summed E-state index contributed by atoms with van der Waals surface area (Å²) in [5, 5.41) is 0. The first-order valence-corrected chi connectivity index (χ1v) is 12.9. The average Bonchev–Trinajstić information content (AvgIpc) is 3.08. The summed E-state index contributed by atoms with van der Waals surface area (Å²) >= 11 is 6.19. The molecule has 0 saturated heterocycles. The highest BCUT2D eigenvalue weighted by Gasteiger charge is 2.12. The zero-order chi connectivity index (χ0) is 20.3. The van der Waals surface area contributed by atoms with Crippen molar-refractivity contribution in [2.24, 2.45) is 0 Å². The Morgan fingerprint density at radius 1 is 0.679 bits per heavy atom. The van der Waals surface area contributed by atoms with E-state index >= 15 is 0 Å². The van der Waals surface area contributed by atoms with Crippen LogP contribution in [0.1, 0.15) is 11.1 Å². The molecule has 3 rings (SSSR count). The van der Waals surface area contributed by atoms with Gasteiger partial charge in [-0.05, 0) is 11.1 Å². The third-order valence-corrected chi connectivity index (χ3v) is 6.82. The van der Waals surface area contributed by atoms with Gasteiger partial charge in [0.25, 0.3) is 0 Å². The fourth-order valence-corrected chi connectivity index (χ4v) is 5.80. The van der Waals surface area contributed by atoms with Gasteiger partial charge in [0.1, 0.15) is 0 Å². The van der Waals surface area contributed by atoms with Crippen molar-refractivity contribution >= 4 is 68.2 Å². The number of nitrogens with zero attached hydrogens (tertiary/aromatic N) is 4. The normalized spacial score (nSPS) is 11.2. The lowest BCUT2D eigenvalue weighted by molar-refractivity contribution is 0.674. The predicted octanol–water partition coefficient (Wildman–Crippen LogP) is 1.42. The Kier molecular flexibility index (Phi) is 7.49. The molecule has 150 valence electrons. The molecule has 0 radical (unpaired) electrons. The molecular formula is C16H16I2N4O4S2. The molecule has 0 bridgehead atoms. The topological polar surface area (TPSA) is 88.0 Å². The van der Waals surface area contributed by atoms with E-state index in [4.69, 9.17) is 0 Å². The summed E-state index contributed by atoms with van der Waals surface area (Å²) in [6.07, 6.45) is 0. The van der Waals surface area contributed by atoms with E-state index in [2.05, 4.69) is 45.2 Å². The molecule has 0 fully saturated rings. The lowest BCUT2D eigenvalue weighted by Gasteiger charge is -2.04. The smallest absolute Gasteiger partial charge is 0.255 e. The summed E-state index contributed by atoms with van der Waals surface area (Å²) in [5.74, 6) is 0. The molecule has 0 aliphatic rings. The van der Waals surface area contributed by atoms with Crippen molar-refractivity contribution in [2.45, 2.75) is 26.2 Å². The molecule has 2 aromatic heterocycles. The maximum atomic E-state index is 12.3. The highest BCUT2D eigenvalue weighted by molar-refractivity contribution is 14.1. The molecule has 0 amide bonds. The lowest BCUT2D eigenvalue weighted by atomic mass is 10.1. The van der Waals surface area contributed by atoms with Crippen molar-refractivity contribution < 1.29 is 0 Å². The number of hydrogen-bond acceptors (Lipinski definition) is 6. The largest absolute Gasteiger partial charge is 0.341 e. The van der Waals surface area contributed by atoms with Gasteiger partial charge in [-0.25, -0.2) is 26.6 Å². The molecule has 1 aromatic carbocycles. The van der Waals surface area contributed by atoms with Gasteiger partial charge in [0.2, 0.25) is 0 Å². The summed E-state index contributed by atoms with van der Waals surface area (Å²) in [6, 6.07) is 7.23. The lowest BCUT2D eigenvalue weighted by Crippen LogP contribution is -2.30. The quantitative estimate of drug-likeness (QED) is 0.274. The van der Waals surface area contributed by atoms with E-state index in [1.807, 2.05) is 24.3 Å². The molecule has 28 heavy (non-hydrogen) atoms. The molecule has 0 saturated carbocycles. The minimum absolute atomic E-state index is 0.198. The molecule has 0 spiro atoms. The molecule has 8 nitrogen and oxygen atoms in total. The van der Waals surface area contributed by atoms with Crippen LogP contribution in [0.15, 0.2) is 43.4 Å². The van der Waals surface area contributed by atoms with Crippen LogP contribution in [-0.4, -0.2) is 25.9 Å². The third-order valence-electron chi connectivity index (χ3n) is 3.99. The number of alkyl halides is 2. The molecule has 12 heteroatoms. The molecule has 0 N–H and O–H groups in total. The van der Waals surface area contributed by atoms with E-state index in [-0.39, 0.29) is 34.2 Å². The SMILES string of the molecule is O=c1sn(CCI)c(=O)n1Cc1ccc(Cn2c(=O)sn(CCI)c2=O)cc1. The van der Waals surface area contributed by atoms with Gasteiger partial charge >= 0.3 is 21.1 Å². The van der Waals surface area contributed by atoms with Crippen LogP contribution in [0.5, 0.6) is 0 Å². The van der Waals surface area contributed by atoms with Gasteiger partial charge in [-0.15, -0.1) is 0 Å². The second-order valence-corrected chi connectivity index (χ2v) is 9.95. The summed E-state index contributed by atoms with van der Waals surface area (Å²) in [4.78, 5) is 48.1. The van der Waals surface area contributed by atoms with Crippen molar-refractivity contribution in [1.82, 2.24) is 17.0 Å². The Balaban J connectivity index is 1.78. The van der Waals surface area contributed by atoms with Gasteiger partial charge in [-0.3, -0.25) is 9.59 Å². The van der Waals surface area contributed by atoms with Crippen molar-refractivity contribution in [3.8, 4) is 0 Å². The fourth-order valence-electron chi connectivity index (χ4n) is 2.61. The van der Waals surface area contributed by atoms with Crippen LogP contribution in [-0.2, 0) is 26.2 Å². The Morgan fingerprint density at radius 3 is 1.36 bits per heavy atom. The standard InChI is InChI=1S/C16H16I2N4O4S2/c17-5-7-21-13(23)19(15(25)27-21)9-11-1-2-12(4-3-11)10-20-14(24)22(8-6-18)28-16(20)26/h1-4H,5-10H2. The maximum absolute atomic E-state index is 12.3.